The molecule has 2 atom stereocenters. The molecule has 1 fully saturated rings. The van der Waals surface area contributed by atoms with Crippen LogP contribution in [0.2, 0.25) is 0 Å². The van der Waals surface area contributed by atoms with Crippen molar-refractivity contribution in [3.8, 4) is 0 Å². The zero-order valence-electron chi connectivity index (χ0n) is 16.2. The van der Waals surface area contributed by atoms with Gasteiger partial charge in [0, 0.05) is 26.2 Å². The summed E-state index contributed by atoms with van der Waals surface area (Å²) in [4.78, 5) is 24.1. The summed E-state index contributed by atoms with van der Waals surface area (Å²) in [5.74, 6) is -0.783. The Balaban J connectivity index is 0.000000336. The zero-order chi connectivity index (χ0) is 20.2. The SMILES string of the molecule is CCNC(=O)C1CNCC1C(=O)NCCc1ccccc1.Fc1ccccc1. The van der Waals surface area contributed by atoms with Gasteiger partial charge in [-0.15, -0.1) is 0 Å². The molecule has 1 aliphatic heterocycles. The largest absolute Gasteiger partial charge is 0.356 e. The van der Waals surface area contributed by atoms with Gasteiger partial charge < -0.3 is 16.0 Å². The first-order chi connectivity index (χ1) is 13.6. The Morgan fingerprint density at radius 3 is 1.96 bits per heavy atom. The van der Waals surface area contributed by atoms with Crippen molar-refractivity contribution in [2.24, 2.45) is 11.8 Å². The summed E-state index contributed by atoms with van der Waals surface area (Å²) in [7, 11) is 0. The van der Waals surface area contributed by atoms with Crippen molar-refractivity contribution < 1.29 is 14.0 Å². The van der Waals surface area contributed by atoms with Gasteiger partial charge in [-0.1, -0.05) is 48.5 Å². The van der Waals surface area contributed by atoms with Gasteiger partial charge in [0.25, 0.3) is 0 Å². The number of benzene rings is 2. The lowest BCUT2D eigenvalue weighted by atomic mass is 9.94. The number of halogens is 1. The van der Waals surface area contributed by atoms with Crippen LogP contribution in [0.3, 0.4) is 0 Å². The molecule has 0 aromatic heterocycles. The summed E-state index contributed by atoms with van der Waals surface area (Å²) < 4.78 is 11.9. The summed E-state index contributed by atoms with van der Waals surface area (Å²) in [5.41, 5.74) is 1.20. The van der Waals surface area contributed by atoms with E-state index in [1.807, 2.05) is 37.3 Å². The maximum Gasteiger partial charge on any atom is 0.225 e. The second-order valence-corrected chi connectivity index (χ2v) is 6.59. The molecule has 150 valence electrons. The third-order valence-electron chi connectivity index (χ3n) is 4.53. The molecule has 0 radical (unpaired) electrons. The maximum absolute atomic E-state index is 12.2. The minimum atomic E-state index is -0.271. The molecule has 6 heteroatoms. The fourth-order valence-corrected chi connectivity index (χ4v) is 3.06. The van der Waals surface area contributed by atoms with E-state index in [0.717, 1.165) is 6.42 Å². The first kappa shape index (κ1) is 21.6. The average molecular weight is 385 g/mol. The van der Waals surface area contributed by atoms with E-state index in [2.05, 4.69) is 16.0 Å². The molecule has 1 aliphatic rings. The van der Waals surface area contributed by atoms with E-state index < -0.39 is 0 Å². The molecule has 2 aromatic carbocycles. The van der Waals surface area contributed by atoms with E-state index in [1.165, 1.54) is 17.7 Å². The van der Waals surface area contributed by atoms with Crippen LogP contribution in [0.4, 0.5) is 4.39 Å². The standard InChI is InChI=1S/C16H23N3O2.C6H5F/c1-2-18-15(20)13-10-17-11-14(13)16(21)19-9-8-12-6-4-3-5-7-12;7-6-4-2-1-3-5-6/h3-7,13-14,17H,2,8-11H2,1H3,(H,18,20)(H,19,21);1-5H. The fraction of sp³-hybridized carbons (Fsp3) is 0.364. The van der Waals surface area contributed by atoms with Crippen LogP contribution in [0, 0.1) is 17.7 Å². The smallest absolute Gasteiger partial charge is 0.225 e. The summed E-state index contributed by atoms with van der Waals surface area (Å²) in [6.45, 7) is 4.22. The highest BCUT2D eigenvalue weighted by Crippen LogP contribution is 2.17. The highest BCUT2D eigenvalue weighted by atomic mass is 19.1. The summed E-state index contributed by atoms with van der Waals surface area (Å²) in [6, 6.07) is 18.0. The molecular weight excluding hydrogens is 357 g/mol. The maximum atomic E-state index is 12.2. The molecule has 3 rings (SSSR count). The molecule has 0 bridgehead atoms. The normalized spacial score (nSPS) is 17.9. The highest BCUT2D eigenvalue weighted by molar-refractivity contribution is 5.88. The molecular formula is C22H28FN3O2. The van der Waals surface area contributed by atoms with Crippen LogP contribution in [0.5, 0.6) is 0 Å². The number of hydrogen-bond acceptors (Lipinski definition) is 3. The molecule has 5 nitrogen and oxygen atoms in total. The van der Waals surface area contributed by atoms with E-state index in [4.69, 9.17) is 0 Å². The summed E-state index contributed by atoms with van der Waals surface area (Å²) in [5, 5.41) is 8.87. The lowest BCUT2D eigenvalue weighted by Crippen LogP contribution is -2.42. The summed E-state index contributed by atoms with van der Waals surface area (Å²) >= 11 is 0. The molecule has 1 heterocycles. The Hall–Kier alpha value is -2.73. The second kappa shape index (κ2) is 11.9. The van der Waals surface area contributed by atoms with Gasteiger partial charge in [-0.25, -0.2) is 4.39 Å². The van der Waals surface area contributed by atoms with Crippen LogP contribution in [0.15, 0.2) is 60.7 Å². The van der Waals surface area contributed by atoms with Crippen LogP contribution >= 0.6 is 0 Å². The quantitative estimate of drug-likeness (QED) is 0.714. The van der Waals surface area contributed by atoms with Gasteiger partial charge in [0.05, 0.1) is 11.8 Å². The fourth-order valence-electron chi connectivity index (χ4n) is 3.06. The molecule has 2 amide bonds. The predicted molar refractivity (Wildman–Crippen MR) is 108 cm³/mol. The van der Waals surface area contributed by atoms with Crippen molar-refractivity contribution in [1.29, 1.82) is 0 Å². The third-order valence-corrected chi connectivity index (χ3v) is 4.53. The topological polar surface area (TPSA) is 70.2 Å². The molecule has 0 saturated carbocycles. The number of carbonyl (C=O) groups is 2. The van der Waals surface area contributed by atoms with Crippen LogP contribution in [-0.2, 0) is 16.0 Å². The zero-order valence-corrected chi connectivity index (χ0v) is 16.2. The van der Waals surface area contributed by atoms with Crippen molar-refractivity contribution in [3.63, 3.8) is 0 Å². The summed E-state index contributed by atoms with van der Waals surface area (Å²) in [6.07, 6.45) is 0.804. The molecule has 28 heavy (non-hydrogen) atoms. The molecule has 2 aromatic rings. The second-order valence-electron chi connectivity index (χ2n) is 6.59. The third kappa shape index (κ3) is 7.12. The molecule has 2 unspecified atom stereocenters. The number of amides is 2. The van der Waals surface area contributed by atoms with Crippen molar-refractivity contribution in [2.75, 3.05) is 26.2 Å². The van der Waals surface area contributed by atoms with E-state index in [0.29, 0.717) is 26.2 Å². The van der Waals surface area contributed by atoms with E-state index >= 15 is 0 Å². The molecule has 1 saturated heterocycles. The monoisotopic (exact) mass is 385 g/mol. The molecule has 0 aliphatic carbocycles. The minimum Gasteiger partial charge on any atom is -0.356 e. The van der Waals surface area contributed by atoms with Gasteiger partial charge in [0.15, 0.2) is 0 Å². The van der Waals surface area contributed by atoms with E-state index in [1.54, 1.807) is 18.2 Å². The number of hydrogen-bond donors (Lipinski definition) is 3. The van der Waals surface area contributed by atoms with E-state index in [9.17, 15) is 14.0 Å². The Morgan fingerprint density at radius 2 is 1.46 bits per heavy atom. The highest BCUT2D eigenvalue weighted by Gasteiger charge is 2.37. The number of rotatable bonds is 6. The first-order valence-electron chi connectivity index (χ1n) is 9.62. The van der Waals surface area contributed by atoms with Crippen LogP contribution in [-0.4, -0.2) is 38.0 Å². The first-order valence-corrected chi connectivity index (χ1v) is 9.62. The lowest BCUT2D eigenvalue weighted by molar-refractivity contribution is -0.132. The minimum absolute atomic E-state index is 0.0350. The molecule has 0 spiro atoms. The lowest BCUT2D eigenvalue weighted by Gasteiger charge is -2.17. The van der Waals surface area contributed by atoms with Crippen LogP contribution in [0.1, 0.15) is 12.5 Å². The Kier molecular flexibility index (Phi) is 9.15. The van der Waals surface area contributed by atoms with Crippen molar-refractivity contribution >= 4 is 11.8 Å². The van der Waals surface area contributed by atoms with Gasteiger partial charge >= 0.3 is 0 Å². The van der Waals surface area contributed by atoms with Gasteiger partial charge in [0.1, 0.15) is 5.82 Å². The Morgan fingerprint density at radius 1 is 0.929 bits per heavy atom. The van der Waals surface area contributed by atoms with E-state index in [-0.39, 0.29) is 29.5 Å². The van der Waals surface area contributed by atoms with Gasteiger partial charge in [-0.3, -0.25) is 9.59 Å². The Labute approximate surface area is 165 Å². The number of carbonyl (C=O) groups excluding carboxylic acids is 2. The number of nitrogens with one attached hydrogen (secondary N) is 3. The van der Waals surface area contributed by atoms with Crippen molar-refractivity contribution in [1.82, 2.24) is 16.0 Å². The van der Waals surface area contributed by atoms with Gasteiger partial charge in [-0.2, -0.15) is 0 Å². The van der Waals surface area contributed by atoms with Crippen molar-refractivity contribution in [2.45, 2.75) is 13.3 Å². The van der Waals surface area contributed by atoms with Crippen LogP contribution in [0.25, 0.3) is 0 Å². The van der Waals surface area contributed by atoms with Gasteiger partial charge in [-0.05, 0) is 31.0 Å². The van der Waals surface area contributed by atoms with Gasteiger partial charge in [0.2, 0.25) is 11.8 Å². The van der Waals surface area contributed by atoms with Crippen LogP contribution < -0.4 is 16.0 Å². The average Bonchev–Trinajstić information content (AvgIpc) is 3.20. The molecule has 3 N–H and O–H groups in total. The Bertz CT molecular complexity index is 725. The van der Waals surface area contributed by atoms with Crippen molar-refractivity contribution in [3.05, 3.63) is 72.0 Å². The predicted octanol–water partition coefficient (Wildman–Crippen LogP) is 2.14.